The number of rotatable bonds is 12. The van der Waals surface area contributed by atoms with Crippen LogP contribution < -0.4 is 11.1 Å². The molecule has 0 aliphatic carbocycles. The van der Waals surface area contributed by atoms with Crippen molar-refractivity contribution in [2.75, 3.05) is 40.6 Å². The summed E-state index contributed by atoms with van der Waals surface area (Å²) in [5, 5.41) is 2.94. The van der Waals surface area contributed by atoms with Crippen molar-refractivity contribution in [1.82, 2.24) is 5.32 Å². The van der Waals surface area contributed by atoms with Crippen LogP contribution in [0.15, 0.2) is 0 Å². The summed E-state index contributed by atoms with van der Waals surface area (Å²) < 4.78 is 15.8. The lowest BCUT2D eigenvalue weighted by Crippen LogP contribution is -2.53. The van der Waals surface area contributed by atoms with Crippen molar-refractivity contribution < 1.29 is 19.0 Å². The summed E-state index contributed by atoms with van der Waals surface area (Å²) >= 11 is 0. The molecule has 0 aliphatic rings. The lowest BCUT2D eigenvalue weighted by molar-refractivity contribution is -0.125. The molecular weight excluding hydrogens is 248 g/mol. The highest BCUT2D eigenvalue weighted by molar-refractivity contribution is 5.84. The zero-order chi connectivity index (χ0) is 14.7. The molecule has 0 rings (SSSR count). The molecule has 19 heavy (non-hydrogen) atoms. The fourth-order valence-corrected chi connectivity index (χ4v) is 1.65. The Morgan fingerprint density at radius 2 is 2.00 bits per heavy atom. The molecule has 3 N–H and O–H groups in total. The lowest BCUT2D eigenvalue weighted by Gasteiger charge is -2.28. The van der Waals surface area contributed by atoms with Crippen LogP contribution in [-0.2, 0) is 19.0 Å². The van der Waals surface area contributed by atoms with Crippen molar-refractivity contribution in [3.8, 4) is 0 Å². The molecular formula is C13H28N2O4. The van der Waals surface area contributed by atoms with E-state index in [0.717, 1.165) is 6.42 Å². The van der Waals surface area contributed by atoms with E-state index < -0.39 is 5.54 Å². The highest BCUT2D eigenvalue weighted by atomic mass is 16.5. The van der Waals surface area contributed by atoms with Crippen molar-refractivity contribution in [3.63, 3.8) is 0 Å². The van der Waals surface area contributed by atoms with Crippen LogP contribution in [0.3, 0.4) is 0 Å². The maximum absolute atomic E-state index is 11.3. The molecule has 6 nitrogen and oxygen atoms in total. The van der Waals surface area contributed by atoms with Gasteiger partial charge in [-0.05, 0) is 27.3 Å². The first kappa shape index (κ1) is 18.3. The van der Waals surface area contributed by atoms with E-state index in [-0.39, 0.29) is 12.0 Å². The van der Waals surface area contributed by atoms with Crippen LogP contribution in [0.1, 0.15) is 26.7 Å². The molecule has 2 atom stereocenters. The van der Waals surface area contributed by atoms with Crippen LogP contribution in [0.4, 0.5) is 0 Å². The number of carbonyl (C=O) groups excluding carboxylic acids is 1. The van der Waals surface area contributed by atoms with Gasteiger partial charge in [0.2, 0.25) is 5.91 Å². The van der Waals surface area contributed by atoms with E-state index in [9.17, 15) is 4.79 Å². The van der Waals surface area contributed by atoms with Gasteiger partial charge in [-0.3, -0.25) is 4.79 Å². The minimum Gasteiger partial charge on any atom is -0.382 e. The molecule has 0 spiro atoms. The number of amides is 1. The predicted octanol–water partition coefficient (Wildman–Crippen LogP) is 0.298. The standard InChI is InChI=1S/C13H28N2O4/c1-11(10-13(2,15-3)12(14)16)19-7-5-6-18-9-8-17-4/h11,15H,5-10H2,1-4H3,(H2,14,16). The van der Waals surface area contributed by atoms with Crippen molar-refractivity contribution in [3.05, 3.63) is 0 Å². The van der Waals surface area contributed by atoms with Gasteiger partial charge in [0.05, 0.1) is 24.9 Å². The number of nitrogens with one attached hydrogen (secondary N) is 1. The van der Waals surface area contributed by atoms with E-state index >= 15 is 0 Å². The van der Waals surface area contributed by atoms with E-state index in [4.69, 9.17) is 19.9 Å². The van der Waals surface area contributed by atoms with Gasteiger partial charge in [-0.2, -0.15) is 0 Å². The number of likely N-dealkylation sites (N-methyl/N-ethyl adjacent to an activating group) is 1. The predicted molar refractivity (Wildman–Crippen MR) is 74.0 cm³/mol. The van der Waals surface area contributed by atoms with Crippen LogP contribution in [0, 0.1) is 0 Å². The Bertz CT molecular complexity index is 251. The molecule has 114 valence electrons. The second-order valence-electron chi connectivity index (χ2n) is 4.79. The van der Waals surface area contributed by atoms with Gasteiger partial charge in [0.1, 0.15) is 0 Å². The van der Waals surface area contributed by atoms with Gasteiger partial charge in [0.15, 0.2) is 0 Å². The average molecular weight is 276 g/mol. The smallest absolute Gasteiger partial charge is 0.237 e. The minimum atomic E-state index is -0.728. The largest absolute Gasteiger partial charge is 0.382 e. The normalized spacial score (nSPS) is 16.0. The maximum atomic E-state index is 11.3. The van der Waals surface area contributed by atoms with E-state index in [1.165, 1.54) is 0 Å². The van der Waals surface area contributed by atoms with E-state index in [1.54, 1.807) is 21.1 Å². The Hall–Kier alpha value is -0.690. The molecule has 0 bridgehead atoms. The number of hydrogen-bond donors (Lipinski definition) is 2. The molecule has 1 amide bonds. The Kier molecular flexibility index (Phi) is 9.77. The first-order valence-electron chi connectivity index (χ1n) is 6.63. The van der Waals surface area contributed by atoms with E-state index in [0.29, 0.717) is 32.8 Å². The van der Waals surface area contributed by atoms with Crippen LogP contribution >= 0.6 is 0 Å². The third-order valence-corrected chi connectivity index (χ3v) is 3.06. The summed E-state index contributed by atoms with van der Waals surface area (Å²) in [6.45, 7) is 6.18. The monoisotopic (exact) mass is 276 g/mol. The molecule has 0 aromatic heterocycles. The number of primary amides is 1. The topological polar surface area (TPSA) is 82.8 Å². The van der Waals surface area contributed by atoms with Crippen molar-refractivity contribution in [1.29, 1.82) is 0 Å². The summed E-state index contributed by atoms with van der Waals surface area (Å²) in [5.41, 5.74) is 4.64. The summed E-state index contributed by atoms with van der Waals surface area (Å²) in [5.74, 6) is -0.367. The maximum Gasteiger partial charge on any atom is 0.237 e. The Morgan fingerprint density at radius 3 is 2.53 bits per heavy atom. The van der Waals surface area contributed by atoms with Gasteiger partial charge in [-0.15, -0.1) is 0 Å². The molecule has 0 aromatic rings. The van der Waals surface area contributed by atoms with Gasteiger partial charge < -0.3 is 25.3 Å². The third kappa shape index (κ3) is 8.15. The first-order chi connectivity index (χ1) is 8.96. The number of carbonyl (C=O) groups is 1. The Labute approximate surface area is 116 Å². The SMILES string of the molecule is CNC(C)(CC(C)OCCCOCCOC)C(N)=O. The van der Waals surface area contributed by atoms with Crippen molar-refractivity contribution in [2.24, 2.45) is 5.73 Å². The molecule has 0 fully saturated rings. The zero-order valence-electron chi connectivity index (χ0n) is 12.5. The Balaban J connectivity index is 3.69. The molecule has 0 aromatic carbocycles. The second-order valence-corrected chi connectivity index (χ2v) is 4.79. The highest BCUT2D eigenvalue weighted by Gasteiger charge is 2.31. The average Bonchev–Trinajstić information content (AvgIpc) is 2.37. The lowest BCUT2D eigenvalue weighted by atomic mass is 9.94. The molecule has 0 heterocycles. The molecule has 0 saturated carbocycles. The second kappa shape index (κ2) is 10.1. The number of ether oxygens (including phenoxy) is 3. The fourth-order valence-electron chi connectivity index (χ4n) is 1.65. The molecule has 6 heteroatoms. The van der Waals surface area contributed by atoms with Gasteiger partial charge in [0, 0.05) is 26.7 Å². The summed E-state index contributed by atoms with van der Waals surface area (Å²) in [6.07, 6.45) is 1.33. The molecule has 0 aliphatic heterocycles. The summed E-state index contributed by atoms with van der Waals surface area (Å²) in [7, 11) is 3.37. The van der Waals surface area contributed by atoms with Crippen molar-refractivity contribution >= 4 is 5.91 Å². The first-order valence-corrected chi connectivity index (χ1v) is 6.63. The molecule has 0 saturated heterocycles. The van der Waals surface area contributed by atoms with Crippen LogP contribution in [-0.4, -0.2) is 58.1 Å². The quantitative estimate of drug-likeness (QED) is 0.501. The van der Waals surface area contributed by atoms with Gasteiger partial charge in [-0.1, -0.05) is 0 Å². The number of methoxy groups -OCH3 is 1. The highest BCUT2D eigenvalue weighted by Crippen LogP contribution is 2.13. The molecule has 2 unspecified atom stereocenters. The van der Waals surface area contributed by atoms with Crippen LogP contribution in [0.25, 0.3) is 0 Å². The zero-order valence-corrected chi connectivity index (χ0v) is 12.5. The number of hydrogen-bond acceptors (Lipinski definition) is 5. The fraction of sp³-hybridized carbons (Fsp3) is 0.923. The van der Waals surface area contributed by atoms with E-state index in [1.807, 2.05) is 6.92 Å². The van der Waals surface area contributed by atoms with Crippen LogP contribution in [0.5, 0.6) is 0 Å². The van der Waals surface area contributed by atoms with Gasteiger partial charge in [0.25, 0.3) is 0 Å². The molecule has 0 radical (unpaired) electrons. The van der Waals surface area contributed by atoms with E-state index in [2.05, 4.69) is 5.32 Å². The van der Waals surface area contributed by atoms with Crippen LogP contribution in [0.2, 0.25) is 0 Å². The van der Waals surface area contributed by atoms with Gasteiger partial charge in [-0.25, -0.2) is 0 Å². The summed E-state index contributed by atoms with van der Waals surface area (Å²) in [6, 6.07) is 0. The van der Waals surface area contributed by atoms with Gasteiger partial charge >= 0.3 is 0 Å². The van der Waals surface area contributed by atoms with Crippen molar-refractivity contribution in [2.45, 2.75) is 38.3 Å². The number of nitrogens with two attached hydrogens (primary N) is 1. The third-order valence-electron chi connectivity index (χ3n) is 3.06. The minimum absolute atomic E-state index is 0.0380. The Morgan fingerprint density at radius 1 is 1.32 bits per heavy atom. The summed E-state index contributed by atoms with van der Waals surface area (Å²) in [4.78, 5) is 11.3.